The summed E-state index contributed by atoms with van der Waals surface area (Å²) in [5, 5.41) is 2.99. The summed E-state index contributed by atoms with van der Waals surface area (Å²) in [5.74, 6) is 0.0821. The molecule has 2 amide bonds. The molecule has 0 spiro atoms. The molecule has 2 aromatic rings. The van der Waals surface area contributed by atoms with Crippen LogP contribution < -0.4 is 16.0 Å². The second-order valence-corrected chi connectivity index (χ2v) is 7.84. The number of nitrogens with two attached hydrogens (primary N) is 1. The number of amides is 2. The summed E-state index contributed by atoms with van der Waals surface area (Å²) in [7, 11) is 0. The molecule has 160 valence electrons. The molecular formula is C23H29ClN4O2. The minimum absolute atomic E-state index is 0. The van der Waals surface area contributed by atoms with Gasteiger partial charge in [0.2, 0.25) is 5.91 Å². The molecule has 2 aliphatic rings. The van der Waals surface area contributed by atoms with Crippen LogP contribution in [-0.2, 0) is 17.8 Å². The molecule has 7 heteroatoms. The van der Waals surface area contributed by atoms with E-state index in [9.17, 15) is 9.59 Å². The summed E-state index contributed by atoms with van der Waals surface area (Å²) in [4.78, 5) is 28.9. The van der Waals surface area contributed by atoms with Crippen molar-refractivity contribution in [2.45, 2.75) is 32.2 Å². The quantitative estimate of drug-likeness (QED) is 0.717. The third kappa shape index (κ3) is 4.87. The number of benzene rings is 2. The van der Waals surface area contributed by atoms with E-state index in [1.54, 1.807) is 0 Å². The van der Waals surface area contributed by atoms with Crippen molar-refractivity contribution >= 4 is 35.6 Å². The van der Waals surface area contributed by atoms with Gasteiger partial charge in [0, 0.05) is 43.1 Å². The van der Waals surface area contributed by atoms with Crippen LogP contribution >= 0.6 is 12.4 Å². The standard InChI is InChI=1S/C23H28N4O2.ClH/c24-20-6-3-7-21-19(20)5-4-14-27(21)16-22(28)25-15-17-8-10-18(11-9-17)23(29)26-12-1-2-13-26;/h3,6-11H,1-2,4-5,12-16,24H2,(H,25,28);1H. The number of anilines is 2. The van der Waals surface area contributed by atoms with Gasteiger partial charge in [-0.1, -0.05) is 18.2 Å². The van der Waals surface area contributed by atoms with Crippen LogP contribution in [0.15, 0.2) is 42.5 Å². The Morgan fingerprint density at radius 1 is 0.967 bits per heavy atom. The molecule has 0 saturated carbocycles. The van der Waals surface area contributed by atoms with Crippen LogP contribution in [0, 0.1) is 0 Å². The molecule has 30 heavy (non-hydrogen) atoms. The summed E-state index contributed by atoms with van der Waals surface area (Å²) in [6.07, 6.45) is 4.14. The molecule has 2 aromatic carbocycles. The molecule has 2 aliphatic heterocycles. The summed E-state index contributed by atoms with van der Waals surface area (Å²) in [5.41, 5.74) is 10.8. The fraction of sp³-hybridized carbons (Fsp3) is 0.391. The van der Waals surface area contributed by atoms with E-state index >= 15 is 0 Å². The smallest absolute Gasteiger partial charge is 0.253 e. The molecule has 0 aromatic heterocycles. The molecule has 2 heterocycles. The second kappa shape index (κ2) is 9.85. The highest BCUT2D eigenvalue weighted by atomic mass is 35.5. The molecule has 6 nitrogen and oxygen atoms in total. The lowest BCUT2D eigenvalue weighted by Crippen LogP contribution is -2.39. The van der Waals surface area contributed by atoms with Gasteiger partial charge in [-0.05, 0) is 61.1 Å². The number of rotatable bonds is 5. The van der Waals surface area contributed by atoms with Crippen molar-refractivity contribution in [1.29, 1.82) is 0 Å². The predicted octanol–water partition coefficient (Wildman–Crippen LogP) is 3.00. The van der Waals surface area contributed by atoms with Crippen molar-refractivity contribution in [3.63, 3.8) is 0 Å². The lowest BCUT2D eigenvalue weighted by Gasteiger charge is -2.31. The van der Waals surface area contributed by atoms with Gasteiger partial charge in [0.25, 0.3) is 5.91 Å². The number of nitrogens with one attached hydrogen (secondary N) is 1. The summed E-state index contributed by atoms with van der Waals surface area (Å²) in [6.45, 7) is 3.33. The van der Waals surface area contributed by atoms with E-state index < -0.39 is 0 Å². The average Bonchev–Trinajstić information content (AvgIpc) is 3.28. The van der Waals surface area contributed by atoms with Gasteiger partial charge < -0.3 is 20.9 Å². The van der Waals surface area contributed by atoms with Crippen LogP contribution in [0.4, 0.5) is 11.4 Å². The Morgan fingerprint density at radius 3 is 2.43 bits per heavy atom. The van der Waals surface area contributed by atoms with Gasteiger partial charge in [-0.2, -0.15) is 0 Å². The number of hydrogen-bond acceptors (Lipinski definition) is 4. The summed E-state index contributed by atoms with van der Waals surface area (Å²) in [6, 6.07) is 13.4. The Kier molecular flexibility index (Phi) is 7.21. The third-order valence-electron chi connectivity index (χ3n) is 5.80. The van der Waals surface area contributed by atoms with E-state index in [1.165, 1.54) is 0 Å². The lowest BCUT2D eigenvalue weighted by molar-refractivity contribution is -0.119. The normalized spacial score (nSPS) is 15.3. The number of nitrogen functional groups attached to an aromatic ring is 1. The fourth-order valence-corrected chi connectivity index (χ4v) is 4.19. The second-order valence-electron chi connectivity index (χ2n) is 7.84. The highest BCUT2D eigenvalue weighted by molar-refractivity contribution is 5.94. The highest BCUT2D eigenvalue weighted by Crippen LogP contribution is 2.30. The molecule has 0 aliphatic carbocycles. The van der Waals surface area contributed by atoms with E-state index in [-0.39, 0.29) is 24.2 Å². The number of carbonyl (C=O) groups excluding carboxylic acids is 2. The van der Waals surface area contributed by atoms with Crippen LogP contribution in [0.3, 0.4) is 0 Å². The van der Waals surface area contributed by atoms with E-state index in [0.29, 0.717) is 18.7 Å². The SMILES string of the molecule is Cl.Nc1cccc2c1CCCN2CC(=O)NCc1ccc(C(=O)N2CCCC2)cc1. The first kappa shape index (κ1) is 22.0. The molecule has 0 unspecified atom stereocenters. The minimum atomic E-state index is -0.0162. The lowest BCUT2D eigenvalue weighted by atomic mass is 10.00. The number of hydrogen-bond donors (Lipinski definition) is 2. The van der Waals surface area contributed by atoms with Gasteiger partial charge in [0.1, 0.15) is 0 Å². The van der Waals surface area contributed by atoms with Crippen molar-refractivity contribution < 1.29 is 9.59 Å². The molecule has 3 N–H and O–H groups in total. The van der Waals surface area contributed by atoms with E-state index in [4.69, 9.17) is 5.73 Å². The zero-order valence-electron chi connectivity index (χ0n) is 17.1. The fourth-order valence-electron chi connectivity index (χ4n) is 4.19. The first-order valence-electron chi connectivity index (χ1n) is 10.4. The molecule has 4 rings (SSSR count). The largest absolute Gasteiger partial charge is 0.398 e. The maximum absolute atomic E-state index is 12.5. The Balaban J connectivity index is 0.00000256. The van der Waals surface area contributed by atoms with Crippen molar-refractivity contribution in [3.8, 4) is 0 Å². The molecule has 0 bridgehead atoms. The number of halogens is 1. The van der Waals surface area contributed by atoms with Crippen LogP contribution in [0.1, 0.15) is 40.7 Å². The predicted molar refractivity (Wildman–Crippen MR) is 122 cm³/mol. The molecule has 1 saturated heterocycles. The summed E-state index contributed by atoms with van der Waals surface area (Å²) >= 11 is 0. The van der Waals surface area contributed by atoms with Gasteiger partial charge in [0.05, 0.1) is 6.54 Å². The zero-order valence-corrected chi connectivity index (χ0v) is 17.9. The van der Waals surface area contributed by atoms with Gasteiger partial charge in [-0.15, -0.1) is 12.4 Å². The number of nitrogens with zero attached hydrogens (tertiary/aromatic N) is 2. The van der Waals surface area contributed by atoms with Crippen molar-refractivity contribution in [1.82, 2.24) is 10.2 Å². The van der Waals surface area contributed by atoms with E-state index in [0.717, 1.165) is 67.8 Å². The number of likely N-dealkylation sites (tertiary alicyclic amines) is 1. The van der Waals surface area contributed by atoms with Crippen molar-refractivity contribution in [2.24, 2.45) is 0 Å². The topological polar surface area (TPSA) is 78.7 Å². The maximum atomic E-state index is 12.5. The van der Waals surface area contributed by atoms with Gasteiger partial charge in [-0.3, -0.25) is 9.59 Å². The molecular weight excluding hydrogens is 400 g/mol. The number of fused-ring (bicyclic) bond motifs is 1. The van der Waals surface area contributed by atoms with Crippen LogP contribution in [0.5, 0.6) is 0 Å². The molecule has 0 radical (unpaired) electrons. The maximum Gasteiger partial charge on any atom is 0.253 e. The molecule has 1 fully saturated rings. The van der Waals surface area contributed by atoms with Crippen molar-refractivity contribution in [3.05, 3.63) is 59.2 Å². The van der Waals surface area contributed by atoms with Crippen LogP contribution in [-0.4, -0.2) is 42.9 Å². The first-order valence-corrected chi connectivity index (χ1v) is 10.4. The Bertz CT molecular complexity index is 895. The Morgan fingerprint density at radius 2 is 1.70 bits per heavy atom. The van der Waals surface area contributed by atoms with Gasteiger partial charge in [-0.25, -0.2) is 0 Å². The summed E-state index contributed by atoms with van der Waals surface area (Å²) < 4.78 is 0. The minimum Gasteiger partial charge on any atom is -0.398 e. The van der Waals surface area contributed by atoms with Crippen molar-refractivity contribution in [2.75, 3.05) is 36.8 Å². The Labute approximate surface area is 183 Å². The van der Waals surface area contributed by atoms with Gasteiger partial charge >= 0.3 is 0 Å². The monoisotopic (exact) mass is 428 g/mol. The zero-order chi connectivity index (χ0) is 20.2. The first-order chi connectivity index (χ1) is 14.1. The average molecular weight is 429 g/mol. The highest BCUT2D eigenvalue weighted by Gasteiger charge is 2.21. The number of carbonyl (C=O) groups is 2. The molecule has 0 atom stereocenters. The van der Waals surface area contributed by atoms with Crippen LogP contribution in [0.25, 0.3) is 0 Å². The van der Waals surface area contributed by atoms with Crippen LogP contribution in [0.2, 0.25) is 0 Å². The van der Waals surface area contributed by atoms with E-state index in [1.807, 2.05) is 47.4 Å². The van der Waals surface area contributed by atoms with Gasteiger partial charge in [0.15, 0.2) is 0 Å². The van der Waals surface area contributed by atoms with E-state index in [2.05, 4.69) is 10.2 Å². The third-order valence-corrected chi connectivity index (χ3v) is 5.80. The Hall–Kier alpha value is -2.73.